The lowest BCUT2D eigenvalue weighted by Gasteiger charge is -2.28. The normalized spacial score (nSPS) is 13.8. The van der Waals surface area contributed by atoms with E-state index in [1.165, 1.54) is 97.6 Å². The first kappa shape index (κ1) is 26.4. The SMILES string of the molecule is CC1(C)c2ccccc2-c2ccc(N(c3ccc4sc5ccccc5c4c3)c3cc4c5ccccc5n5c6ccccc6c(c3)c45)cc21. The molecule has 3 aromatic heterocycles. The fourth-order valence-corrected chi connectivity index (χ4v) is 9.78. The Morgan fingerprint density at radius 3 is 1.79 bits per heavy atom. The maximum absolute atomic E-state index is 2.49. The first-order valence-electron chi connectivity index (χ1n) is 16.7. The molecule has 3 heteroatoms. The maximum atomic E-state index is 2.49. The summed E-state index contributed by atoms with van der Waals surface area (Å²) in [5.41, 5.74) is 12.7. The van der Waals surface area contributed by atoms with Crippen LogP contribution >= 0.6 is 11.3 Å². The molecule has 0 atom stereocenters. The second kappa shape index (κ2) is 9.25. The van der Waals surface area contributed by atoms with E-state index in [0.717, 1.165) is 0 Å². The molecule has 0 unspecified atom stereocenters. The van der Waals surface area contributed by atoms with Gasteiger partial charge in [0.1, 0.15) is 0 Å². The van der Waals surface area contributed by atoms with Crippen LogP contribution in [0.25, 0.3) is 69.4 Å². The molecule has 0 aliphatic heterocycles. The Balaban J connectivity index is 1.23. The molecule has 3 heterocycles. The second-order valence-electron chi connectivity index (χ2n) is 13.8. The Morgan fingerprint density at radius 2 is 1.02 bits per heavy atom. The van der Waals surface area contributed by atoms with Gasteiger partial charge in [0, 0.05) is 64.2 Å². The fraction of sp³-hybridized carbons (Fsp3) is 0.0667. The Hall–Kier alpha value is -5.64. The lowest BCUT2D eigenvalue weighted by atomic mass is 9.82. The molecule has 2 nitrogen and oxygen atoms in total. The number of benzene rings is 7. The van der Waals surface area contributed by atoms with Gasteiger partial charge < -0.3 is 9.30 Å². The maximum Gasteiger partial charge on any atom is 0.0622 e. The third kappa shape index (κ3) is 3.36. The van der Waals surface area contributed by atoms with Crippen molar-refractivity contribution in [2.24, 2.45) is 0 Å². The third-order valence-corrected chi connectivity index (χ3v) is 12.0. The number of hydrogen-bond donors (Lipinski definition) is 0. The quantitative estimate of drug-likeness (QED) is 0.188. The van der Waals surface area contributed by atoms with Crippen molar-refractivity contribution in [3.63, 3.8) is 0 Å². The van der Waals surface area contributed by atoms with Gasteiger partial charge >= 0.3 is 0 Å². The van der Waals surface area contributed by atoms with Crippen LogP contribution in [0.1, 0.15) is 25.0 Å². The number of rotatable bonds is 3. The molecule has 1 aliphatic rings. The lowest BCUT2D eigenvalue weighted by Crippen LogP contribution is -2.16. The molecule has 0 spiro atoms. The molecule has 0 saturated heterocycles. The van der Waals surface area contributed by atoms with Gasteiger partial charge in [-0.3, -0.25) is 0 Å². The zero-order valence-corrected chi connectivity index (χ0v) is 27.5. The zero-order valence-electron chi connectivity index (χ0n) is 26.7. The van der Waals surface area contributed by atoms with Crippen molar-refractivity contribution in [2.75, 3.05) is 4.90 Å². The number of hydrogen-bond acceptors (Lipinski definition) is 2. The lowest BCUT2D eigenvalue weighted by molar-refractivity contribution is 0.660. The summed E-state index contributed by atoms with van der Waals surface area (Å²) in [6, 6.07) is 54.4. The van der Waals surface area contributed by atoms with Gasteiger partial charge in [0.2, 0.25) is 0 Å². The molecule has 0 radical (unpaired) electrons. The van der Waals surface area contributed by atoms with E-state index >= 15 is 0 Å². The molecule has 0 bridgehead atoms. The molecule has 1 aliphatic carbocycles. The van der Waals surface area contributed by atoms with Crippen molar-refractivity contribution in [3.05, 3.63) is 157 Å². The summed E-state index contributed by atoms with van der Waals surface area (Å²) in [5, 5.41) is 7.77. The summed E-state index contributed by atoms with van der Waals surface area (Å²) in [6.07, 6.45) is 0. The highest BCUT2D eigenvalue weighted by molar-refractivity contribution is 7.25. The second-order valence-corrected chi connectivity index (χ2v) is 14.9. The largest absolute Gasteiger partial charge is 0.310 e. The Bertz CT molecular complexity index is 2860. The molecule has 0 fully saturated rings. The van der Waals surface area contributed by atoms with Gasteiger partial charge in [0.05, 0.1) is 16.6 Å². The van der Waals surface area contributed by atoms with Crippen LogP contribution in [0.2, 0.25) is 0 Å². The molecule has 0 saturated carbocycles. The smallest absolute Gasteiger partial charge is 0.0622 e. The van der Waals surface area contributed by atoms with Crippen molar-refractivity contribution < 1.29 is 0 Å². The topological polar surface area (TPSA) is 7.65 Å². The van der Waals surface area contributed by atoms with Gasteiger partial charge in [-0.25, -0.2) is 0 Å². The van der Waals surface area contributed by atoms with E-state index in [0.29, 0.717) is 0 Å². The average molecular weight is 631 g/mol. The van der Waals surface area contributed by atoms with E-state index < -0.39 is 0 Å². The highest BCUT2D eigenvalue weighted by atomic mass is 32.1. The number of nitrogens with zero attached hydrogens (tertiary/aromatic N) is 2. The van der Waals surface area contributed by atoms with Crippen LogP contribution in [-0.4, -0.2) is 4.40 Å². The highest BCUT2D eigenvalue weighted by Crippen LogP contribution is 2.52. The summed E-state index contributed by atoms with van der Waals surface area (Å²) in [6.45, 7) is 4.74. The van der Waals surface area contributed by atoms with E-state index in [-0.39, 0.29) is 5.41 Å². The van der Waals surface area contributed by atoms with E-state index in [9.17, 15) is 0 Å². The van der Waals surface area contributed by atoms with Gasteiger partial charge in [0.15, 0.2) is 0 Å². The van der Waals surface area contributed by atoms with Crippen LogP contribution in [0.4, 0.5) is 17.1 Å². The van der Waals surface area contributed by atoms with E-state index in [1.807, 2.05) is 11.3 Å². The van der Waals surface area contributed by atoms with Gasteiger partial charge in [-0.05, 0) is 82.9 Å². The van der Waals surface area contributed by atoms with Gasteiger partial charge in [-0.1, -0.05) is 98.8 Å². The molecule has 11 rings (SSSR count). The molecular weight excluding hydrogens is 601 g/mol. The number of para-hydroxylation sites is 2. The van der Waals surface area contributed by atoms with E-state index in [2.05, 4.69) is 169 Å². The van der Waals surface area contributed by atoms with Crippen LogP contribution in [0.15, 0.2) is 146 Å². The predicted molar refractivity (Wildman–Crippen MR) is 206 cm³/mol. The molecule has 7 aromatic carbocycles. The van der Waals surface area contributed by atoms with Crippen molar-refractivity contribution in [1.82, 2.24) is 4.40 Å². The van der Waals surface area contributed by atoms with Crippen LogP contribution in [0.5, 0.6) is 0 Å². The summed E-state index contributed by atoms with van der Waals surface area (Å²) < 4.78 is 5.10. The molecular formula is C45H30N2S. The van der Waals surface area contributed by atoms with Crippen LogP contribution < -0.4 is 4.90 Å². The third-order valence-electron chi connectivity index (χ3n) is 10.9. The molecule has 48 heavy (non-hydrogen) atoms. The van der Waals surface area contributed by atoms with Crippen LogP contribution in [0.3, 0.4) is 0 Å². The predicted octanol–water partition coefficient (Wildman–Crippen LogP) is 13.0. The van der Waals surface area contributed by atoms with E-state index in [4.69, 9.17) is 0 Å². The number of anilines is 3. The van der Waals surface area contributed by atoms with E-state index in [1.54, 1.807) is 0 Å². The van der Waals surface area contributed by atoms with Gasteiger partial charge in [0.25, 0.3) is 0 Å². The van der Waals surface area contributed by atoms with Crippen LogP contribution in [0, 0.1) is 0 Å². The Kier molecular flexibility index (Phi) is 5.09. The molecule has 0 amide bonds. The summed E-state index contributed by atoms with van der Waals surface area (Å²) >= 11 is 1.87. The number of thiophene rings is 1. The van der Waals surface area contributed by atoms with Gasteiger partial charge in [-0.15, -0.1) is 11.3 Å². The highest BCUT2D eigenvalue weighted by Gasteiger charge is 2.36. The van der Waals surface area contributed by atoms with Crippen molar-refractivity contribution in [3.8, 4) is 11.1 Å². The van der Waals surface area contributed by atoms with Crippen molar-refractivity contribution >= 4 is 86.7 Å². The Labute approximate surface area is 282 Å². The average Bonchev–Trinajstić information content (AvgIpc) is 3.83. The molecule has 10 aromatic rings. The first-order valence-corrected chi connectivity index (χ1v) is 17.5. The standard InChI is InChI=1S/C45H30N2S/c1-45(2)38-15-7-3-11-30(38)31-21-19-28(26-39(31)45)46(27-20-22-43-35(23-27)34-14-6-10-18-42(34)48-43)29-24-36-32-12-4-8-16-40(32)47-41-17-9-5-13-33(41)37(25-29)44(36)47/h3-26H,1-2H3. The minimum Gasteiger partial charge on any atom is -0.310 e. The number of aromatic nitrogens is 1. The Morgan fingerprint density at radius 1 is 0.458 bits per heavy atom. The van der Waals surface area contributed by atoms with Crippen molar-refractivity contribution in [1.29, 1.82) is 0 Å². The summed E-state index contributed by atoms with van der Waals surface area (Å²) in [4.78, 5) is 2.49. The minimum atomic E-state index is -0.0918. The first-order chi connectivity index (χ1) is 23.6. The fourth-order valence-electron chi connectivity index (χ4n) is 8.70. The van der Waals surface area contributed by atoms with Gasteiger partial charge in [-0.2, -0.15) is 0 Å². The summed E-state index contributed by atoms with van der Waals surface area (Å²) in [7, 11) is 0. The summed E-state index contributed by atoms with van der Waals surface area (Å²) in [5.74, 6) is 0. The minimum absolute atomic E-state index is 0.0918. The van der Waals surface area contributed by atoms with Crippen molar-refractivity contribution in [2.45, 2.75) is 19.3 Å². The zero-order chi connectivity index (χ0) is 31.7. The van der Waals surface area contributed by atoms with Crippen LogP contribution in [-0.2, 0) is 5.41 Å². The monoisotopic (exact) mass is 630 g/mol. The molecule has 226 valence electrons. The number of fused-ring (bicyclic) bond motifs is 12. The molecule has 0 N–H and O–H groups in total.